The Balaban J connectivity index is 1.85. The minimum Gasteiger partial charge on any atom is -0.322 e. The third kappa shape index (κ3) is 3.57. The van der Waals surface area contributed by atoms with Gasteiger partial charge in [0.05, 0.1) is 6.54 Å². The minimum atomic E-state index is -0.562. The molecule has 0 fully saturated rings. The number of hydrogen-bond acceptors (Lipinski definition) is 2. The van der Waals surface area contributed by atoms with Crippen LogP contribution in [-0.2, 0) is 6.54 Å². The molecule has 5 heteroatoms. The highest BCUT2D eigenvalue weighted by atomic mass is 19.1. The number of pyridine rings is 1. The molecule has 0 saturated heterocycles. The van der Waals surface area contributed by atoms with Gasteiger partial charge in [-0.25, -0.2) is 4.39 Å². The Kier molecular flexibility index (Phi) is 4.52. The van der Waals surface area contributed by atoms with Crippen LogP contribution < -0.4 is 10.9 Å². The van der Waals surface area contributed by atoms with Crippen LogP contribution in [0, 0.1) is 5.82 Å². The van der Waals surface area contributed by atoms with Crippen LogP contribution in [0.5, 0.6) is 0 Å². The Labute approximate surface area is 138 Å². The summed E-state index contributed by atoms with van der Waals surface area (Å²) in [5.74, 6) is -1.02. The van der Waals surface area contributed by atoms with E-state index in [4.69, 9.17) is 0 Å². The number of hydrogen-bond donors (Lipinski definition) is 1. The predicted octanol–water partition coefficient (Wildman–Crippen LogP) is 3.29. The SMILES string of the molecule is O=C(Nc1cccc(F)c1)c1cccn(Cc2ccccc2)c1=O. The van der Waals surface area contributed by atoms with Crippen molar-refractivity contribution >= 4 is 11.6 Å². The van der Waals surface area contributed by atoms with E-state index in [0.717, 1.165) is 5.56 Å². The van der Waals surface area contributed by atoms with Gasteiger partial charge in [0.25, 0.3) is 11.5 Å². The molecule has 0 atom stereocenters. The number of anilines is 1. The lowest BCUT2D eigenvalue weighted by Gasteiger charge is -2.09. The molecule has 1 N–H and O–H groups in total. The molecule has 1 heterocycles. The van der Waals surface area contributed by atoms with E-state index in [0.29, 0.717) is 12.2 Å². The molecule has 1 aromatic heterocycles. The monoisotopic (exact) mass is 322 g/mol. The minimum absolute atomic E-state index is 0.0118. The molecule has 4 nitrogen and oxygen atoms in total. The van der Waals surface area contributed by atoms with Crippen LogP contribution in [0.15, 0.2) is 77.7 Å². The summed E-state index contributed by atoms with van der Waals surface area (Å²) in [4.78, 5) is 24.8. The third-order valence-corrected chi connectivity index (χ3v) is 3.54. The Morgan fingerprint density at radius 2 is 1.79 bits per heavy atom. The average molecular weight is 322 g/mol. The molecule has 0 unspecified atom stereocenters. The first-order valence-electron chi connectivity index (χ1n) is 7.44. The average Bonchev–Trinajstić information content (AvgIpc) is 2.57. The number of carbonyl (C=O) groups is 1. The van der Waals surface area contributed by atoms with Crippen LogP contribution in [0.2, 0.25) is 0 Å². The van der Waals surface area contributed by atoms with E-state index in [2.05, 4.69) is 5.32 Å². The Hall–Kier alpha value is -3.21. The van der Waals surface area contributed by atoms with E-state index < -0.39 is 17.3 Å². The van der Waals surface area contributed by atoms with Crippen LogP contribution >= 0.6 is 0 Å². The molecule has 3 rings (SSSR count). The number of nitrogens with one attached hydrogen (secondary N) is 1. The van der Waals surface area contributed by atoms with Gasteiger partial charge in [0.15, 0.2) is 0 Å². The largest absolute Gasteiger partial charge is 0.322 e. The molecule has 0 spiro atoms. The standard InChI is InChI=1S/C19H15FN2O2/c20-15-8-4-9-16(12-15)21-18(23)17-10-5-11-22(19(17)24)13-14-6-2-1-3-7-14/h1-12H,13H2,(H,21,23). The van der Waals surface area contributed by atoms with Crippen LogP contribution in [0.4, 0.5) is 10.1 Å². The summed E-state index contributed by atoms with van der Waals surface area (Å²) in [6, 6.07) is 18.1. The molecule has 24 heavy (non-hydrogen) atoms. The first-order valence-corrected chi connectivity index (χ1v) is 7.44. The van der Waals surface area contributed by atoms with Crippen molar-refractivity contribution in [2.75, 3.05) is 5.32 Å². The number of amides is 1. The molecular formula is C19H15FN2O2. The lowest BCUT2D eigenvalue weighted by molar-refractivity contribution is 0.102. The van der Waals surface area contributed by atoms with Crippen molar-refractivity contribution in [3.8, 4) is 0 Å². The summed E-state index contributed by atoms with van der Waals surface area (Å²) < 4.78 is 14.7. The van der Waals surface area contributed by atoms with Crippen molar-refractivity contribution in [1.82, 2.24) is 4.57 Å². The maximum atomic E-state index is 13.2. The molecule has 1 amide bonds. The highest BCUT2D eigenvalue weighted by Crippen LogP contribution is 2.10. The van der Waals surface area contributed by atoms with Crippen molar-refractivity contribution in [1.29, 1.82) is 0 Å². The molecule has 0 aliphatic carbocycles. The Morgan fingerprint density at radius 1 is 1.00 bits per heavy atom. The lowest BCUT2D eigenvalue weighted by Crippen LogP contribution is -2.29. The fourth-order valence-corrected chi connectivity index (χ4v) is 2.38. The topological polar surface area (TPSA) is 51.1 Å². The van der Waals surface area contributed by atoms with Gasteiger partial charge in [-0.2, -0.15) is 0 Å². The van der Waals surface area contributed by atoms with Crippen LogP contribution in [0.3, 0.4) is 0 Å². The molecule has 0 saturated carbocycles. The molecular weight excluding hydrogens is 307 g/mol. The molecule has 2 aromatic carbocycles. The van der Waals surface area contributed by atoms with Gasteiger partial charge in [-0.1, -0.05) is 36.4 Å². The first kappa shape index (κ1) is 15.7. The summed E-state index contributed by atoms with van der Waals surface area (Å²) >= 11 is 0. The first-order chi connectivity index (χ1) is 11.6. The van der Waals surface area contributed by atoms with Crippen molar-refractivity contribution in [3.63, 3.8) is 0 Å². The smallest absolute Gasteiger partial charge is 0.263 e. The number of halogens is 1. The molecule has 3 aromatic rings. The predicted molar refractivity (Wildman–Crippen MR) is 90.6 cm³/mol. The zero-order chi connectivity index (χ0) is 16.9. The van der Waals surface area contributed by atoms with Crippen molar-refractivity contribution in [3.05, 3.63) is 100 Å². The third-order valence-electron chi connectivity index (χ3n) is 3.54. The number of aromatic nitrogens is 1. The van der Waals surface area contributed by atoms with Crippen molar-refractivity contribution in [2.45, 2.75) is 6.54 Å². The molecule has 0 radical (unpaired) electrons. The van der Waals surface area contributed by atoms with E-state index >= 15 is 0 Å². The molecule has 0 aliphatic rings. The van der Waals surface area contributed by atoms with Crippen LogP contribution in [0.25, 0.3) is 0 Å². The normalized spacial score (nSPS) is 10.4. The highest BCUT2D eigenvalue weighted by Gasteiger charge is 2.12. The second-order valence-corrected chi connectivity index (χ2v) is 5.30. The van der Waals surface area contributed by atoms with Gasteiger partial charge in [-0.3, -0.25) is 9.59 Å². The zero-order valence-electron chi connectivity index (χ0n) is 12.8. The van der Waals surface area contributed by atoms with Crippen LogP contribution in [-0.4, -0.2) is 10.5 Å². The van der Waals surface area contributed by atoms with Gasteiger partial charge in [0.2, 0.25) is 0 Å². The molecule has 120 valence electrons. The van der Waals surface area contributed by atoms with Crippen molar-refractivity contribution in [2.24, 2.45) is 0 Å². The second-order valence-electron chi connectivity index (χ2n) is 5.30. The fraction of sp³-hybridized carbons (Fsp3) is 0.0526. The van der Waals surface area contributed by atoms with E-state index in [9.17, 15) is 14.0 Å². The van der Waals surface area contributed by atoms with Gasteiger partial charge in [-0.15, -0.1) is 0 Å². The zero-order valence-corrected chi connectivity index (χ0v) is 12.8. The second kappa shape index (κ2) is 6.91. The number of nitrogens with zero attached hydrogens (tertiary/aromatic N) is 1. The van der Waals surface area contributed by atoms with Gasteiger partial charge >= 0.3 is 0 Å². The van der Waals surface area contributed by atoms with E-state index in [1.54, 1.807) is 18.3 Å². The van der Waals surface area contributed by atoms with E-state index in [1.165, 1.54) is 28.8 Å². The lowest BCUT2D eigenvalue weighted by atomic mass is 10.2. The van der Waals surface area contributed by atoms with Gasteiger partial charge in [0.1, 0.15) is 11.4 Å². The van der Waals surface area contributed by atoms with Crippen LogP contribution in [0.1, 0.15) is 15.9 Å². The highest BCUT2D eigenvalue weighted by molar-refractivity contribution is 6.03. The number of benzene rings is 2. The Morgan fingerprint density at radius 3 is 2.54 bits per heavy atom. The van der Waals surface area contributed by atoms with Gasteiger partial charge in [-0.05, 0) is 35.9 Å². The summed E-state index contributed by atoms with van der Waals surface area (Å²) in [6.45, 7) is 0.376. The quantitative estimate of drug-likeness (QED) is 0.801. The van der Waals surface area contributed by atoms with E-state index in [1.807, 2.05) is 30.3 Å². The van der Waals surface area contributed by atoms with E-state index in [-0.39, 0.29) is 5.56 Å². The maximum Gasteiger partial charge on any atom is 0.263 e. The molecule has 0 aliphatic heterocycles. The van der Waals surface area contributed by atoms with Gasteiger partial charge in [0, 0.05) is 11.9 Å². The summed E-state index contributed by atoms with van der Waals surface area (Å²) in [5, 5.41) is 2.54. The molecule has 0 bridgehead atoms. The van der Waals surface area contributed by atoms with Crippen molar-refractivity contribution < 1.29 is 9.18 Å². The maximum absolute atomic E-state index is 13.2. The summed E-state index contributed by atoms with van der Waals surface area (Å²) in [7, 11) is 0. The Bertz CT molecular complexity index is 920. The van der Waals surface area contributed by atoms with Gasteiger partial charge < -0.3 is 9.88 Å². The number of rotatable bonds is 4. The summed E-state index contributed by atoms with van der Waals surface area (Å²) in [6.07, 6.45) is 1.63. The fourth-order valence-electron chi connectivity index (χ4n) is 2.38. The number of carbonyl (C=O) groups excluding carboxylic acids is 1. The summed E-state index contributed by atoms with van der Waals surface area (Å²) in [5.41, 5.74) is 0.882.